The summed E-state index contributed by atoms with van der Waals surface area (Å²) in [6, 6.07) is 7.49. The van der Waals surface area contributed by atoms with Gasteiger partial charge in [-0.25, -0.2) is 8.42 Å². The Labute approximate surface area is 80.8 Å². The summed E-state index contributed by atoms with van der Waals surface area (Å²) >= 11 is 0. The predicted molar refractivity (Wildman–Crippen MR) is 48.8 cm³/mol. The third-order valence-electron chi connectivity index (χ3n) is 1.56. The van der Waals surface area contributed by atoms with Gasteiger partial charge in [-0.1, -0.05) is 18.2 Å². The highest BCUT2D eigenvalue weighted by Crippen LogP contribution is 2.11. The Morgan fingerprint density at radius 3 is 2.29 bits per heavy atom. The van der Waals surface area contributed by atoms with Crippen molar-refractivity contribution in [1.29, 1.82) is 0 Å². The molecule has 0 atom stereocenters. The molecule has 76 valence electrons. The van der Waals surface area contributed by atoms with Crippen molar-refractivity contribution in [2.75, 3.05) is 5.75 Å². The van der Waals surface area contributed by atoms with Crippen molar-refractivity contribution >= 4 is 9.84 Å². The minimum Gasteiger partial charge on any atom is -0.223 e. The molecular formula is C9H8F2O2S. The van der Waals surface area contributed by atoms with Crippen molar-refractivity contribution in [3.63, 3.8) is 0 Å². The lowest BCUT2D eigenvalue weighted by Gasteiger charge is -1.99. The molecule has 0 N–H and O–H groups in total. The van der Waals surface area contributed by atoms with Crippen LogP contribution in [0.5, 0.6) is 0 Å². The van der Waals surface area contributed by atoms with Crippen LogP contribution in [0.25, 0.3) is 0 Å². The van der Waals surface area contributed by atoms with Gasteiger partial charge in [0, 0.05) is 0 Å². The number of hydrogen-bond acceptors (Lipinski definition) is 2. The highest BCUT2D eigenvalue weighted by atomic mass is 32.2. The first-order valence-electron chi connectivity index (χ1n) is 3.81. The van der Waals surface area contributed by atoms with Gasteiger partial charge in [0.15, 0.2) is 9.84 Å². The van der Waals surface area contributed by atoms with Crippen LogP contribution in [-0.2, 0) is 9.84 Å². The lowest BCUT2D eigenvalue weighted by Crippen LogP contribution is -2.04. The molecule has 0 aromatic heterocycles. The maximum absolute atomic E-state index is 11.7. The van der Waals surface area contributed by atoms with Crippen molar-refractivity contribution in [1.82, 2.24) is 0 Å². The fraction of sp³-hybridized carbons (Fsp3) is 0.111. The quantitative estimate of drug-likeness (QED) is 0.779. The van der Waals surface area contributed by atoms with Gasteiger partial charge in [0.05, 0.1) is 10.6 Å². The van der Waals surface area contributed by atoms with Crippen LogP contribution in [-0.4, -0.2) is 14.2 Å². The average Bonchev–Trinajstić information content (AvgIpc) is 2.16. The molecule has 2 nitrogen and oxygen atoms in total. The molecule has 0 bridgehead atoms. The van der Waals surface area contributed by atoms with E-state index in [4.69, 9.17) is 0 Å². The normalized spacial score (nSPS) is 11.0. The number of sulfone groups is 1. The lowest BCUT2D eigenvalue weighted by atomic mass is 10.4. The van der Waals surface area contributed by atoms with Gasteiger partial charge in [0.25, 0.3) is 6.08 Å². The van der Waals surface area contributed by atoms with Gasteiger partial charge in [0.2, 0.25) is 0 Å². The van der Waals surface area contributed by atoms with Crippen molar-refractivity contribution in [2.24, 2.45) is 0 Å². The molecule has 0 amide bonds. The molecule has 1 aromatic carbocycles. The van der Waals surface area contributed by atoms with Crippen molar-refractivity contribution in [3.05, 3.63) is 42.5 Å². The Bertz CT molecular complexity index is 419. The Morgan fingerprint density at radius 2 is 1.79 bits per heavy atom. The predicted octanol–water partition coefficient (Wildman–Crippen LogP) is 2.24. The maximum atomic E-state index is 11.7. The van der Waals surface area contributed by atoms with Crippen molar-refractivity contribution in [3.8, 4) is 0 Å². The summed E-state index contributed by atoms with van der Waals surface area (Å²) in [7, 11) is -3.61. The van der Waals surface area contributed by atoms with Gasteiger partial charge in [-0.05, 0) is 18.2 Å². The zero-order valence-electron chi connectivity index (χ0n) is 7.15. The molecule has 0 radical (unpaired) electrons. The molecule has 0 saturated carbocycles. The smallest absolute Gasteiger partial charge is 0.223 e. The highest BCUT2D eigenvalue weighted by Gasteiger charge is 2.12. The zero-order valence-corrected chi connectivity index (χ0v) is 7.97. The number of hydrogen-bond donors (Lipinski definition) is 0. The van der Waals surface area contributed by atoms with E-state index < -0.39 is 21.7 Å². The second kappa shape index (κ2) is 4.32. The van der Waals surface area contributed by atoms with Crippen LogP contribution in [0, 0.1) is 0 Å². The SMILES string of the molecule is O=S(=O)(CC=C(F)F)c1ccccc1. The van der Waals surface area contributed by atoms with Gasteiger partial charge < -0.3 is 0 Å². The molecule has 0 heterocycles. The molecule has 0 unspecified atom stereocenters. The highest BCUT2D eigenvalue weighted by molar-refractivity contribution is 7.91. The van der Waals surface area contributed by atoms with E-state index in [0.717, 1.165) is 0 Å². The number of rotatable bonds is 3. The Kier molecular flexibility index (Phi) is 3.35. The Hall–Kier alpha value is -1.23. The molecule has 0 saturated heterocycles. The van der Waals surface area contributed by atoms with Crippen LogP contribution in [0.3, 0.4) is 0 Å². The summed E-state index contributed by atoms with van der Waals surface area (Å²) in [4.78, 5) is 0.0532. The Morgan fingerprint density at radius 1 is 1.21 bits per heavy atom. The van der Waals surface area contributed by atoms with E-state index in [1.807, 2.05) is 0 Å². The van der Waals surface area contributed by atoms with Crippen molar-refractivity contribution < 1.29 is 17.2 Å². The van der Waals surface area contributed by atoms with E-state index in [1.54, 1.807) is 18.2 Å². The molecule has 1 rings (SSSR count). The summed E-state index contributed by atoms with van der Waals surface area (Å²) in [5.41, 5.74) is 0. The minimum absolute atomic E-state index is 0.0532. The van der Waals surface area contributed by atoms with Crippen LogP contribution in [0.1, 0.15) is 0 Å². The molecule has 5 heteroatoms. The molecule has 0 aliphatic rings. The summed E-state index contributed by atoms with van der Waals surface area (Å²) in [6.45, 7) is 0. The van der Waals surface area contributed by atoms with Crippen LogP contribution < -0.4 is 0 Å². The second-order valence-corrected chi connectivity index (χ2v) is 4.62. The number of halogens is 2. The van der Waals surface area contributed by atoms with Crippen molar-refractivity contribution in [2.45, 2.75) is 4.90 Å². The van der Waals surface area contributed by atoms with Crippen LogP contribution in [0.4, 0.5) is 8.78 Å². The van der Waals surface area contributed by atoms with E-state index in [9.17, 15) is 17.2 Å². The van der Waals surface area contributed by atoms with Gasteiger partial charge in [-0.3, -0.25) is 0 Å². The molecule has 14 heavy (non-hydrogen) atoms. The first-order valence-corrected chi connectivity index (χ1v) is 5.46. The standard InChI is InChI=1S/C9H8F2O2S/c10-9(11)6-7-14(12,13)8-4-2-1-3-5-8/h1-6H,7H2. The first kappa shape index (κ1) is 10.8. The van der Waals surface area contributed by atoms with Gasteiger partial charge >= 0.3 is 0 Å². The maximum Gasteiger partial charge on any atom is 0.267 e. The summed E-state index contributed by atoms with van der Waals surface area (Å²) in [5, 5.41) is 0. The van der Waals surface area contributed by atoms with Crippen LogP contribution in [0.2, 0.25) is 0 Å². The third-order valence-corrected chi connectivity index (χ3v) is 3.16. The summed E-state index contributed by atoms with van der Waals surface area (Å²) in [5.74, 6) is -0.667. The van der Waals surface area contributed by atoms with E-state index in [-0.39, 0.29) is 4.90 Å². The first-order chi connectivity index (χ1) is 6.52. The van der Waals surface area contributed by atoms with Gasteiger partial charge in [0.1, 0.15) is 0 Å². The van der Waals surface area contributed by atoms with Gasteiger partial charge in [-0.2, -0.15) is 8.78 Å². The second-order valence-electron chi connectivity index (χ2n) is 2.59. The summed E-state index contributed by atoms with van der Waals surface area (Å²) < 4.78 is 46.1. The molecule has 1 aromatic rings. The molecule has 0 fully saturated rings. The van der Waals surface area contributed by atoms with Crippen LogP contribution >= 0.6 is 0 Å². The largest absolute Gasteiger partial charge is 0.267 e. The summed E-state index contributed by atoms with van der Waals surface area (Å²) in [6.07, 6.45) is -1.59. The number of benzene rings is 1. The van der Waals surface area contributed by atoms with Gasteiger partial charge in [-0.15, -0.1) is 0 Å². The molecule has 0 aliphatic heterocycles. The fourth-order valence-corrected chi connectivity index (χ4v) is 2.01. The van der Waals surface area contributed by atoms with E-state index in [2.05, 4.69) is 0 Å². The molecular weight excluding hydrogens is 210 g/mol. The van der Waals surface area contributed by atoms with E-state index in [1.165, 1.54) is 12.1 Å². The van der Waals surface area contributed by atoms with Crippen LogP contribution in [0.15, 0.2) is 47.4 Å². The third kappa shape index (κ3) is 2.92. The fourth-order valence-electron chi connectivity index (χ4n) is 0.897. The lowest BCUT2D eigenvalue weighted by molar-refractivity contribution is 0.420. The zero-order chi connectivity index (χ0) is 10.6. The molecule has 0 aliphatic carbocycles. The average molecular weight is 218 g/mol. The van der Waals surface area contributed by atoms with E-state index in [0.29, 0.717) is 6.08 Å². The van der Waals surface area contributed by atoms with E-state index >= 15 is 0 Å². The topological polar surface area (TPSA) is 34.1 Å². The molecule has 0 spiro atoms. The minimum atomic E-state index is -3.61. The monoisotopic (exact) mass is 218 g/mol. The Balaban J connectivity index is 2.93.